The van der Waals surface area contributed by atoms with E-state index in [-0.39, 0.29) is 13.2 Å². The summed E-state index contributed by atoms with van der Waals surface area (Å²) in [5.41, 5.74) is 0. The maximum Gasteiger partial charge on any atom is 0.322 e. The summed E-state index contributed by atoms with van der Waals surface area (Å²) in [6, 6.07) is 0. The highest BCUT2D eigenvalue weighted by atomic mass is 35.5. The molecule has 0 aromatic heterocycles. The molecule has 0 saturated heterocycles. The van der Waals surface area contributed by atoms with E-state index in [4.69, 9.17) is 21.1 Å². The molecule has 0 aliphatic carbocycles. The van der Waals surface area contributed by atoms with Crippen LogP contribution in [0.1, 0.15) is 13.8 Å². The summed E-state index contributed by atoms with van der Waals surface area (Å²) in [6.07, 6.45) is 1.31. The average molecular weight is 235 g/mol. The van der Waals surface area contributed by atoms with Gasteiger partial charge in [0, 0.05) is 0 Å². The topological polar surface area (TPSA) is 52.6 Å². The summed E-state index contributed by atoms with van der Waals surface area (Å²) in [6.45, 7) is 7.10. The number of rotatable bonds is 6. The smallest absolute Gasteiger partial charge is 0.322 e. The van der Waals surface area contributed by atoms with Crippen LogP contribution in [0.3, 0.4) is 0 Å². The first-order valence-electron chi connectivity index (χ1n) is 4.68. The van der Waals surface area contributed by atoms with Crippen molar-refractivity contribution in [1.82, 2.24) is 0 Å². The van der Waals surface area contributed by atoms with Crippen LogP contribution in [0.2, 0.25) is 0 Å². The van der Waals surface area contributed by atoms with Gasteiger partial charge in [-0.05, 0) is 13.8 Å². The number of esters is 2. The predicted molar refractivity (Wildman–Crippen MR) is 56.6 cm³/mol. The lowest BCUT2D eigenvalue weighted by Gasteiger charge is -2.16. The van der Waals surface area contributed by atoms with Crippen LogP contribution in [-0.4, -0.2) is 30.5 Å². The van der Waals surface area contributed by atoms with Crippen LogP contribution in [0, 0.1) is 5.92 Å². The molecule has 0 radical (unpaired) electrons. The molecule has 0 heterocycles. The first-order valence-corrected chi connectivity index (χ1v) is 5.11. The van der Waals surface area contributed by atoms with E-state index in [1.54, 1.807) is 13.8 Å². The number of halogens is 1. The lowest BCUT2D eigenvalue weighted by molar-refractivity contribution is -0.161. The van der Waals surface area contributed by atoms with Crippen LogP contribution >= 0.6 is 11.6 Å². The summed E-state index contributed by atoms with van der Waals surface area (Å²) in [5, 5.41) is -0.817. The molecular formula is C10H15ClO4. The first kappa shape index (κ1) is 14.0. The van der Waals surface area contributed by atoms with Gasteiger partial charge in [0.05, 0.1) is 18.6 Å². The molecule has 0 fully saturated rings. The molecule has 0 aromatic carbocycles. The van der Waals surface area contributed by atoms with Gasteiger partial charge in [-0.2, -0.15) is 0 Å². The molecule has 0 N–H and O–H groups in total. The molecule has 86 valence electrons. The molecule has 4 nitrogen and oxygen atoms in total. The molecule has 0 aliphatic rings. The SMILES string of the molecule is C=CC(Cl)C(C(=O)OCC)C(=O)OCC. The van der Waals surface area contributed by atoms with E-state index < -0.39 is 23.2 Å². The number of hydrogen-bond donors (Lipinski definition) is 0. The number of ether oxygens (including phenoxy) is 2. The van der Waals surface area contributed by atoms with E-state index in [2.05, 4.69) is 6.58 Å². The van der Waals surface area contributed by atoms with Crippen LogP contribution in [0.25, 0.3) is 0 Å². The zero-order valence-corrected chi connectivity index (χ0v) is 9.62. The molecule has 0 aromatic rings. The normalized spacial score (nSPS) is 12.0. The van der Waals surface area contributed by atoms with Crippen molar-refractivity contribution >= 4 is 23.5 Å². The molecule has 5 heteroatoms. The summed E-state index contributed by atoms with van der Waals surface area (Å²) < 4.78 is 9.44. The van der Waals surface area contributed by atoms with Crippen molar-refractivity contribution in [3.63, 3.8) is 0 Å². The van der Waals surface area contributed by atoms with Crippen LogP contribution in [0.5, 0.6) is 0 Å². The fourth-order valence-corrected chi connectivity index (χ4v) is 1.16. The van der Waals surface area contributed by atoms with Crippen molar-refractivity contribution in [3.8, 4) is 0 Å². The van der Waals surface area contributed by atoms with Gasteiger partial charge in [0.25, 0.3) is 0 Å². The first-order chi connectivity index (χ1) is 7.08. The molecule has 0 aliphatic heterocycles. The number of allylic oxidation sites excluding steroid dienone is 1. The summed E-state index contributed by atoms with van der Waals surface area (Å²) in [7, 11) is 0. The van der Waals surface area contributed by atoms with Gasteiger partial charge in [-0.3, -0.25) is 9.59 Å². The van der Waals surface area contributed by atoms with Gasteiger partial charge in [0.2, 0.25) is 0 Å². The second-order valence-electron chi connectivity index (χ2n) is 2.66. The zero-order chi connectivity index (χ0) is 11.8. The Hall–Kier alpha value is -1.03. The second kappa shape index (κ2) is 7.29. The molecule has 0 rings (SSSR count). The maximum atomic E-state index is 11.4. The summed E-state index contributed by atoms with van der Waals surface area (Å²) in [5.74, 6) is -2.50. The Kier molecular flexibility index (Phi) is 6.79. The van der Waals surface area contributed by atoms with Crippen LogP contribution in [0.15, 0.2) is 12.7 Å². The van der Waals surface area contributed by atoms with Gasteiger partial charge in [0.15, 0.2) is 5.92 Å². The van der Waals surface area contributed by atoms with E-state index in [1.807, 2.05) is 0 Å². The van der Waals surface area contributed by atoms with Gasteiger partial charge in [-0.1, -0.05) is 6.08 Å². The lowest BCUT2D eigenvalue weighted by atomic mass is 10.1. The van der Waals surface area contributed by atoms with E-state index in [0.29, 0.717) is 0 Å². The minimum Gasteiger partial charge on any atom is -0.465 e. The predicted octanol–water partition coefficient (Wildman–Crippen LogP) is 1.52. The minimum absolute atomic E-state index is 0.190. The molecule has 1 atom stereocenters. The maximum absolute atomic E-state index is 11.4. The molecule has 1 unspecified atom stereocenters. The van der Waals surface area contributed by atoms with Crippen molar-refractivity contribution in [3.05, 3.63) is 12.7 Å². The van der Waals surface area contributed by atoms with E-state index in [0.717, 1.165) is 0 Å². The van der Waals surface area contributed by atoms with Crippen molar-refractivity contribution in [2.75, 3.05) is 13.2 Å². The highest BCUT2D eigenvalue weighted by Crippen LogP contribution is 2.16. The molecule has 0 bridgehead atoms. The van der Waals surface area contributed by atoms with Crippen molar-refractivity contribution in [2.45, 2.75) is 19.2 Å². The Balaban J connectivity index is 4.63. The van der Waals surface area contributed by atoms with Crippen LogP contribution < -0.4 is 0 Å². The molecule has 0 spiro atoms. The minimum atomic E-state index is -1.14. The third-order valence-corrected chi connectivity index (χ3v) is 2.05. The van der Waals surface area contributed by atoms with Crippen molar-refractivity contribution in [2.24, 2.45) is 5.92 Å². The molecule has 15 heavy (non-hydrogen) atoms. The quantitative estimate of drug-likeness (QED) is 0.303. The Morgan fingerprint density at radius 2 is 1.67 bits per heavy atom. The molecule has 0 saturated carbocycles. The number of hydrogen-bond acceptors (Lipinski definition) is 4. The fourth-order valence-electron chi connectivity index (χ4n) is 0.956. The highest BCUT2D eigenvalue weighted by molar-refractivity contribution is 6.25. The molecule has 0 amide bonds. The lowest BCUT2D eigenvalue weighted by Crippen LogP contribution is -2.34. The van der Waals surface area contributed by atoms with E-state index in [1.165, 1.54) is 6.08 Å². The Morgan fingerprint density at radius 3 is 1.93 bits per heavy atom. The van der Waals surface area contributed by atoms with E-state index in [9.17, 15) is 9.59 Å². The summed E-state index contributed by atoms with van der Waals surface area (Å²) in [4.78, 5) is 22.8. The van der Waals surface area contributed by atoms with Gasteiger partial charge < -0.3 is 9.47 Å². The Labute approximate surface area is 94.2 Å². The van der Waals surface area contributed by atoms with Gasteiger partial charge in [-0.15, -0.1) is 18.2 Å². The van der Waals surface area contributed by atoms with Gasteiger partial charge in [-0.25, -0.2) is 0 Å². The highest BCUT2D eigenvalue weighted by Gasteiger charge is 2.34. The van der Waals surface area contributed by atoms with E-state index >= 15 is 0 Å². The van der Waals surface area contributed by atoms with Gasteiger partial charge in [0.1, 0.15) is 0 Å². The Morgan fingerprint density at radius 1 is 1.27 bits per heavy atom. The number of carbonyl (C=O) groups excluding carboxylic acids is 2. The summed E-state index contributed by atoms with van der Waals surface area (Å²) >= 11 is 5.77. The van der Waals surface area contributed by atoms with Crippen molar-refractivity contribution < 1.29 is 19.1 Å². The zero-order valence-electron chi connectivity index (χ0n) is 8.86. The number of alkyl halides is 1. The monoisotopic (exact) mass is 234 g/mol. The Bertz CT molecular complexity index is 222. The number of carbonyl (C=O) groups is 2. The fraction of sp³-hybridized carbons (Fsp3) is 0.600. The van der Waals surface area contributed by atoms with Crippen molar-refractivity contribution in [1.29, 1.82) is 0 Å². The average Bonchev–Trinajstić information content (AvgIpc) is 2.18. The largest absolute Gasteiger partial charge is 0.465 e. The van der Waals surface area contributed by atoms with Crippen LogP contribution in [0.4, 0.5) is 0 Å². The second-order valence-corrected chi connectivity index (χ2v) is 3.17. The molecular weight excluding hydrogens is 220 g/mol. The third-order valence-electron chi connectivity index (χ3n) is 1.62. The van der Waals surface area contributed by atoms with Gasteiger partial charge >= 0.3 is 11.9 Å². The third kappa shape index (κ3) is 4.34. The standard InChI is InChI=1S/C10H15ClO4/c1-4-7(11)8(9(12)14-5-2)10(13)15-6-3/h4,7-8H,1,5-6H2,2-3H3. The van der Waals surface area contributed by atoms with Crippen LogP contribution in [-0.2, 0) is 19.1 Å².